The molecule has 0 radical (unpaired) electrons. The predicted octanol–water partition coefficient (Wildman–Crippen LogP) is 4.85. The van der Waals surface area contributed by atoms with Crippen LogP contribution in [0, 0.1) is 18.7 Å². The van der Waals surface area contributed by atoms with Crippen LogP contribution in [0.2, 0.25) is 0 Å². The highest BCUT2D eigenvalue weighted by Crippen LogP contribution is 2.30. The van der Waals surface area contributed by atoms with Crippen molar-refractivity contribution in [3.05, 3.63) is 65.6 Å². The van der Waals surface area contributed by atoms with Crippen molar-refractivity contribution in [2.24, 2.45) is 5.92 Å². The third-order valence-corrected chi connectivity index (χ3v) is 5.98. The Hall–Kier alpha value is -2.70. The lowest BCUT2D eigenvalue weighted by molar-refractivity contribution is 0.0874. The molecule has 31 heavy (non-hydrogen) atoms. The third kappa shape index (κ3) is 4.81. The van der Waals surface area contributed by atoms with E-state index in [1.165, 1.54) is 19.6 Å². The molecule has 0 bridgehead atoms. The highest BCUT2D eigenvalue weighted by molar-refractivity contribution is 5.64. The highest BCUT2D eigenvalue weighted by Gasteiger charge is 2.23. The molecule has 2 heterocycles. The van der Waals surface area contributed by atoms with Gasteiger partial charge in [0.1, 0.15) is 0 Å². The van der Waals surface area contributed by atoms with Crippen LogP contribution in [-0.2, 0) is 11.3 Å². The summed E-state index contributed by atoms with van der Waals surface area (Å²) in [4.78, 5) is 2.45. The minimum Gasteiger partial charge on any atom is -0.494 e. The Balaban J connectivity index is 1.70. The van der Waals surface area contributed by atoms with E-state index in [0.717, 1.165) is 60.7 Å². The highest BCUT2D eigenvalue weighted by atomic mass is 19.1. The number of halogens is 1. The number of nitrogens with zero attached hydrogens (tertiary/aromatic N) is 3. The van der Waals surface area contributed by atoms with Crippen molar-refractivity contribution in [2.75, 3.05) is 33.9 Å². The molecule has 1 aromatic heterocycles. The van der Waals surface area contributed by atoms with Gasteiger partial charge in [0.15, 0.2) is 11.6 Å². The zero-order valence-corrected chi connectivity index (χ0v) is 18.5. The van der Waals surface area contributed by atoms with Crippen LogP contribution in [0.1, 0.15) is 24.0 Å². The van der Waals surface area contributed by atoms with Crippen LogP contribution in [0.25, 0.3) is 16.9 Å². The summed E-state index contributed by atoms with van der Waals surface area (Å²) in [5, 5.41) is 4.89. The molecular weight excluding hydrogens is 393 g/mol. The first kappa shape index (κ1) is 21.5. The lowest BCUT2D eigenvalue weighted by Gasteiger charge is -2.32. The molecule has 4 rings (SSSR count). The number of methoxy groups -OCH3 is 2. The largest absolute Gasteiger partial charge is 0.494 e. The Morgan fingerprint density at radius 1 is 1.16 bits per heavy atom. The number of ether oxygens (including phenoxy) is 2. The van der Waals surface area contributed by atoms with Crippen LogP contribution in [-0.4, -0.2) is 48.6 Å². The quantitative estimate of drug-likeness (QED) is 0.544. The molecule has 0 N–H and O–H groups in total. The van der Waals surface area contributed by atoms with E-state index in [1.54, 1.807) is 13.2 Å². The van der Waals surface area contributed by atoms with Crippen molar-refractivity contribution in [3.8, 4) is 22.7 Å². The lowest BCUT2D eigenvalue weighted by Crippen LogP contribution is -2.36. The summed E-state index contributed by atoms with van der Waals surface area (Å²) in [6, 6.07) is 13.2. The van der Waals surface area contributed by atoms with E-state index in [1.807, 2.05) is 22.9 Å². The first-order chi connectivity index (χ1) is 15.1. The summed E-state index contributed by atoms with van der Waals surface area (Å²) in [5.74, 6) is 0.406. The summed E-state index contributed by atoms with van der Waals surface area (Å²) < 4.78 is 26.9. The molecule has 1 aliphatic rings. The van der Waals surface area contributed by atoms with Gasteiger partial charge in [0.2, 0.25) is 0 Å². The Labute approximate surface area is 183 Å². The molecule has 5 nitrogen and oxygen atoms in total. The fourth-order valence-corrected chi connectivity index (χ4v) is 4.43. The van der Waals surface area contributed by atoms with E-state index in [4.69, 9.17) is 14.6 Å². The van der Waals surface area contributed by atoms with E-state index in [9.17, 15) is 4.39 Å². The predicted molar refractivity (Wildman–Crippen MR) is 120 cm³/mol. The zero-order chi connectivity index (χ0) is 21.8. The monoisotopic (exact) mass is 423 g/mol. The van der Waals surface area contributed by atoms with Gasteiger partial charge in [-0.05, 0) is 62.1 Å². The number of aromatic nitrogens is 2. The fraction of sp³-hybridized carbons (Fsp3) is 0.400. The van der Waals surface area contributed by atoms with Gasteiger partial charge >= 0.3 is 0 Å². The Bertz CT molecular complexity index is 1030. The van der Waals surface area contributed by atoms with Crippen molar-refractivity contribution in [1.82, 2.24) is 14.7 Å². The first-order valence-corrected chi connectivity index (χ1v) is 10.8. The minimum absolute atomic E-state index is 0.238. The summed E-state index contributed by atoms with van der Waals surface area (Å²) in [5.41, 5.74) is 4.82. The number of piperidine rings is 1. The molecule has 0 amide bonds. The molecule has 0 saturated carbocycles. The van der Waals surface area contributed by atoms with Gasteiger partial charge in [-0.1, -0.05) is 18.2 Å². The molecule has 0 aliphatic carbocycles. The molecule has 0 spiro atoms. The molecule has 1 atom stereocenters. The van der Waals surface area contributed by atoms with Gasteiger partial charge < -0.3 is 9.47 Å². The summed E-state index contributed by atoms with van der Waals surface area (Å²) in [6.45, 7) is 5.68. The maximum atomic E-state index is 14.5. The van der Waals surface area contributed by atoms with Gasteiger partial charge in [0, 0.05) is 37.5 Å². The molecular formula is C25H30FN3O2. The Morgan fingerprint density at radius 2 is 2.00 bits per heavy atom. The maximum Gasteiger partial charge on any atom is 0.165 e. The van der Waals surface area contributed by atoms with Gasteiger partial charge in [-0.2, -0.15) is 5.10 Å². The second-order valence-corrected chi connectivity index (χ2v) is 8.28. The van der Waals surface area contributed by atoms with Crippen LogP contribution in [0.15, 0.2) is 48.7 Å². The second kappa shape index (κ2) is 9.62. The molecule has 2 aromatic carbocycles. The number of benzene rings is 2. The zero-order valence-electron chi connectivity index (χ0n) is 18.5. The summed E-state index contributed by atoms with van der Waals surface area (Å²) in [6.07, 6.45) is 4.44. The lowest BCUT2D eigenvalue weighted by atomic mass is 9.98. The average Bonchev–Trinajstić information content (AvgIpc) is 3.18. The Kier molecular flexibility index (Phi) is 6.68. The molecule has 1 fully saturated rings. The van der Waals surface area contributed by atoms with E-state index in [0.29, 0.717) is 5.92 Å². The number of hydrogen-bond donors (Lipinski definition) is 0. The van der Waals surface area contributed by atoms with Gasteiger partial charge in [-0.3, -0.25) is 4.90 Å². The third-order valence-electron chi connectivity index (χ3n) is 5.98. The molecule has 3 aromatic rings. The van der Waals surface area contributed by atoms with E-state index in [-0.39, 0.29) is 11.6 Å². The molecule has 6 heteroatoms. The second-order valence-electron chi connectivity index (χ2n) is 8.28. The van der Waals surface area contributed by atoms with Gasteiger partial charge in [-0.15, -0.1) is 0 Å². The van der Waals surface area contributed by atoms with Crippen LogP contribution in [0.4, 0.5) is 4.39 Å². The molecule has 164 valence electrons. The van der Waals surface area contributed by atoms with E-state index < -0.39 is 0 Å². The number of aryl methyl sites for hydroxylation is 1. The van der Waals surface area contributed by atoms with Crippen LogP contribution in [0.3, 0.4) is 0 Å². The normalized spacial score (nSPS) is 17.1. The summed E-state index contributed by atoms with van der Waals surface area (Å²) in [7, 11) is 3.24. The van der Waals surface area contributed by atoms with Crippen LogP contribution < -0.4 is 4.74 Å². The first-order valence-electron chi connectivity index (χ1n) is 10.8. The topological polar surface area (TPSA) is 39.5 Å². The minimum atomic E-state index is -0.380. The van der Waals surface area contributed by atoms with Crippen molar-refractivity contribution in [2.45, 2.75) is 26.3 Å². The van der Waals surface area contributed by atoms with Gasteiger partial charge in [0.05, 0.1) is 25.1 Å². The van der Waals surface area contributed by atoms with Crippen molar-refractivity contribution in [3.63, 3.8) is 0 Å². The maximum absolute atomic E-state index is 14.5. The smallest absolute Gasteiger partial charge is 0.165 e. The molecule has 0 unspecified atom stereocenters. The Morgan fingerprint density at radius 3 is 2.74 bits per heavy atom. The van der Waals surface area contributed by atoms with Gasteiger partial charge in [0.25, 0.3) is 0 Å². The van der Waals surface area contributed by atoms with Crippen LogP contribution >= 0.6 is 0 Å². The number of rotatable bonds is 7. The fourth-order valence-electron chi connectivity index (χ4n) is 4.43. The van der Waals surface area contributed by atoms with E-state index in [2.05, 4.69) is 30.2 Å². The van der Waals surface area contributed by atoms with E-state index >= 15 is 0 Å². The number of hydrogen-bond acceptors (Lipinski definition) is 4. The van der Waals surface area contributed by atoms with Crippen molar-refractivity contribution >= 4 is 0 Å². The number of likely N-dealkylation sites (tertiary alicyclic amines) is 1. The molecule has 1 saturated heterocycles. The standard InChI is InChI=1S/C25H30FN3O2/c1-18-7-4-5-9-23(18)29-16-21(15-28-12-6-8-19(14-28)17-30-2)25(27-29)20-10-11-24(31-3)22(26)13-20/h4-5,7,9-11,13,16,19H,6,8,12,14-15,17H2,1-3H3/t19-/m0/s1. The molecule has 1 aliphatic heterocycles. The number of para-hydroxylation sites is 1. The van der Waals surface area contributed by atoms with Crippen molar-refractivity contribution in [1.29, 1.82) is 0 Å². The average molecular weight is 424 g/mol. The van der Waals surface area contributed by atoms with Crippen LogP contribution in [0.5, 0.6) is 5.75 Å². The van der Waals surface area contributed by atoms with Gasteiger partial charge in [-0.25, -0.2) is 9.07 Å². The van der Waals surface area contributed by atoms with Crippen molar-refractivity contribution < 1.29 is 13.9 Å². The summed E-state index contributed by atoms with van der Waals surface area (Å²) >= 11 is 0. The SMILES string of the molecule is COC[C@H]1CCCN(Cc2cn(-c3ccccc3C)nc2-c2ccc(OC)c(F)c2)C1.